The maximum absolute atomic E-state index is 14.3. The highest BCUT2D eigenvalue weighted by Gasteiger charge is 2.18. The molecule has 0 unspecified atom stereocenters. The fourth-order valence-corrected chi connectivity index (χ4v) is 5.90. The average molecular weight is 523 g/mol. The zero-order chi connectivity index (χ0) is 23.8. The Bertz CT molecular complexity index is 1490. The van der Waals surface area contributed by atoms with Crippen molar-refractivity contribution in [3.8, 4) is 0 Å². The molecule has 5 nitrogen and oxygen atoms in total. The van der Waals surface area contributed by atoms with Crippen LogP contribution in [-0.4, -0.2) is 18.9 Å². The van der Waals surface area contributed by atoms with Gasteiger partial charge >= 0.3 is 0 Å². The monoisotopic (exact) mass is 522 g/mol. The first-order chi connectivity index (χ1) is 15.6. The molecule has 0 spiro atoms. The first-order valence-corrected chi connectivity index (χ1v) is 12.8. The summed E-state index contributed by atoms with van der Waals surface area (Å²) in [5.74, 6) is -1.31. The number of benzene rings is 2. The van der Waals surface area contributed by atoms with E-state index in [9.17, 15) is 17.6 Å². The van der Waals surface area contributed by atoms with Gasteiger partial charge in [-0.15, -0.1) is 11.3 Å². The van der Waals surface area contributed by atoms with Gasteiger partial charge in [-0.05, 0) is 59.8 Å². The molecule has 0 aliphatic rings. The van der Waals surface area contributed by atoms with E-state index in [1.165, 1.54) is 24.3 Å². The van der Waals surface area contributed by atoms with Crippen molar-refractivity contribution in [3.05, 3.63) is 92.7 Å². The minimum absolute atomic E-state index is 0.0294. The lowest BCUT2D eigenvalue weighted by Gasteiger charge is -2.10. The number of sulfonamides is 1. The average Bonchev–Trinajstić information content (AvgIpc) is 3.38. The minimum atomic E-state index is -3.96. The second-order valence-corrected chi connectivity index (χ2v) is 11.0. The second-order valence-electron chi connectivity index (χ2n) is 7.30. The van der Waals surface area contributed by atoms with Gasteiger partial charge in [0.15, 0.2) is 0 Å². The summed E-state index contributed by atoms with van der Waals surface area (Å²) in [7, 11) is -3.96. The minimum Gasteiger partial charge on any atom is -0.342 e. The van der Waals surface area contributed by atoms with Crippen LogP contribution in [0.4, 0.5) is 4.39 Å². The Morgan fingerprint density at radius 2 is 2.00 bits per heavy atom. The molecule has 0 radical (unpaired) electrons. The van der Waals surface area contributed by atoms with Crippen LogP contribution in [0.2, 0.25) is 10.0 Å². The smallest absolute Gasteiger partial charge is 0.273 e. The molecule has 1 N–H and O–H groups in total. The molecule has 4 aromatic rings. The Morgan fingerprint density at radius 1 is 1.21 bits per heavy atom. The molecule has 0 bridgehead atoms. The molecule has 0 saturated carbocycles. The predicted molar refractivity (Wildman–Crippen MR) is 131 cm³/mol. The highest BCUT2D eigenvalue weighted by Crippen LogP contribution is 2.29. The van der Waals surface area contributed by atoms with Gasteiger partial charge in [-0.1, -0.05) is 35.3 Å². The third-order valence-electron chi connectivity index (χ3n) is 4.93. The van der Waals surface area contributed by atoms with E-state index in [-0.39, 0.29) is 4.21 Å². The van der Waals surface area contributed by atoms with E-state index in [1.54, 1.807) is 23.6 Å². The van der Waals surface area contributed by atoms with Crippen molar-refractivity contribution >= 4 is 67.4 Å². The van der Waals surface area contributed by atoms with Crippen LogP contribution in [0, 0.1) is 12.7 Å². The second kappa shape index (κ2) is 9.30. The summed E-state index contributed by atoms with van der Waals surface area (Å²) in [6.45, 7) is 2.25. The summed E-state index contributed by atoms with van der Waals surface area (Å²) in [6, 6.07) is 10.9. The molecule has 0 atom stereocenters. The summed E-state index contributed by atoms with van der Waals surface area (Å²) < 4.78 is 42.8. The number of nitrogens with one attached hydrogen (secondary N) is 1. The highest BCUT2D eigenvalue weighted by atomic mass is 35.5. The van der Waals surface area contributed by atoms with E-state index < -0.39 is 21.7 Å². The summed E-state index contributed by atoms with van der Waals surface area (Å²) >= 11 is 13.3. The van der Waals surface area contributed by atoms with Crippen LogP contribution in [0.5, 0.6) is 0 Å². The number of halogens is 3. The topological polar surface area (TPSA) is 68.2 Å². The Kier molecular flexibility index (Phi) is 6.63. The van der Waals surface area contributed by atoms with E-state index in [2.05, 4.69) is 0 Å². The first kappa shape index (κ1) is 23.5. The number of carbonyl (C=O) groups is 1. The van der Waals surface area contributed by atoms with Crippen molar-refractivity contribution in [2.45, 2.75) is 17.7 Å². The number of fused-ring (bicyclic) bond motifs is 1. The molecule has 4 rings (SSSR count). The number of rotatable bonds is 6. The zero-order valence-corrected chi connectivity index (χ0v) is 20.3. The molecule has 2 aromatic heterocycles. The van der Waals surface area contributed by atoms with Gasteiger partial charge in [0.1, 0.15) is 10.0 Å². The van der Waals surface area contributed by atoms with E-state index in [0.717, 1.165) is 28.5 Å². The van der Waals surface area contributed by atoms with Gasteiger partial charge in [-0.3, -0.25) is 4.79 Å². The molecule has 0 aliphatic carbocycles. The SMILES string of the molecule is Cc1cn(Cc2ccc(Cl)cc2Cl)c2c(/C=C/C(=O)NS(=O)(=O)c3cccs3)cc(F)cc12. The van der Waals surface area contributed by atoms with Gasteiger partial charge in [0.25, 0.3) is 15.9 Å². The maximum atomic E-state index is 14.3. The lowest BCUT2D eigenvalue weighted by Crippen LogP contribution is -2.28. The summed E-state index contributed by atoms with van der Waals surface area (Å²) in [4.78, 5) is 12.3. The number of amides is 1. The number of aromatic nitrogens is 1. The van der Waals surface area contributed by atoms with Crippen LogP contribution in [0.1, 0.15) is 16.7 Å². The third kappa shape index (κ3) is 5.14. The third-order valence-corrected chi connectivity index (χ3v) is 8.26. The number of hydrogen-bond donors (Lipinski definition) is 1. The molecule has 2 heterocycles. The van der Waals surface area contributed by atoms with Crippen LogP contribution >= 0.6 is 34.5 Å². The van der Waals surface area contributed by atoms with Gasteiger partial charge in [0.05, 0.1) is 5.52 Å². The van der Waals surface area contributed by atoms with Crippen molar-refractivity contribution in [2.75, 3.05) is 0 Å². The van der Waals surface area contributed by atoms with Crippen LogP contribution in [-0.2, 0) is 21.4 Å². The zero-order valence-electron chi connectivity index (χ0n) is 17.2. The number of carbonyl (C=O) groups excluding carboxylic acids is 1. The Hall–Kier alpha value is -2.65. The first-order valence-electron chi connectivity index (χ1n) is 9.65. The molecule has 10 heteroatoms. The quantitative estimate of drug-likeness (QED) is 0.314. The predicted octanol–water partition coefficient (Wildman–Crippen LogP) is 6.02. The largest absolute Gasteiger partial charge is 0.342 e. The van der Waals surface area contributed by atoms with Crippen molar-refractivity contribution in [1.29, 1.82) is 0 Å². The fourth-order valence-electron chi connectivity index (χ4n) is 3.49. The van der Waals surface area contributed by atoms with E-state index in [0.29, 0.717) is 33.1 Å². The Morgan fingerprint density at radius 3 is 2.70 bits per heavy atom. The summed E-state index contributed by atoms with van der Waals surface area (Å²) in [5, 5.41) is 3.29. The number of nitrogens with zero attached hydrogens (tertiary/aromatic N) is 1. The molecule has 0 aliphatic heterocycles. The van der Waals surface area contributed by atoms with Crippen LogP contribution < -0.4 is 4.72 Å². The van der Waals surface area contributed by atoms with Gasteiger partial charge in [0, 0.05) is 39.8 Å². The molecule has 33 heavy (non-hydrogen) atoms. The van der Waals surface area contributed by atoms with Gasteiger partial charge in [0.2, 0.25) is 0 Å². The number of thiophene rings is 1. The Labute approximate surface area is 204 Å². The van der Waals surface area contributed by atoms with Crippen LogP contribution in [0.25, 0.3) is 17.0 Å². The van der Waals surface area contributed by atoms with E-state index in [1.807, 2.05) is 28.5 Å². The lowest BCUT2D eigenvalue weighted by molar-refractivity contribution is -0.114. The standard InChI is InChI=1S/C23H17Cl2FN2O3S2/c1-14-12-28(13-16-4-6-17(24)10-20(16)25)23-15(9-18(26)11-19(14)23)5-7-21(29)27-33(30,31)22-3-2-8-32-22/h2-12H,13H2,1H3,(H,27,29)/b7-5+. The van der Waals surface area contributed by atoms with E-state index in [4.69, 9.17) is 23.2 Å². The van der Waals surface area contributed by atoms with E-state index >= 15 is 0 Å². The molecular formula is C23H17Cl2FN2O3S2. The van der Waals surface area contributed by atoms with Crippen molar-refractivity contribution < 1.29 is 17.6 Å². The molecule has 2 aromatic carbocycles. The highest BCUT2D eigenvalue weighted by molar-refractivity contribution is 7.92. The molecule has 0 fully saturated rings. The van der Waals surface area contributed by atoms with Crippen molar-refractivity contribution in [3.63, 3.8) is 0 Å². The lowest BCUT2D eigenvalue weighted by atomic mass is 10.1. The van der Waals surface area contributed by atoms with Gasteiger partial charge < -0.3 is 4.57 Å². The van der Waals surface area contributed by atoms with Crippen LogP contribution in [0.15, 0.2) is 64.3 Å². The van der Waals surface area contributed by atoms with Crippen LogP contribution in [0.3, 0.4) is 0 Å². The fraction of sp³-hybridized carbons (Fsp3) is 0.0870. The molecule has 170 valence electrons. The molecule has 0 saturated heterocycles. The molecule has 1 amide bonds. The summed E-state index contributed by atoms with van der Waals surface area (Å²) in [6.07, 6.45) is 4.33. The normalized spacial score (nSPS) is 12.0. The van der Waals surface area contributed by atoms with Gasteiger partial charge in [-0.25, -0.2) is 17.5 Å². The van der Waals surface area contributed by atoms with Crippen molar-refractivity contribution in [1.82, 2.24) is 9.29 Å². The van der Waals surface area contributed by atoms with Crippen molar-refractivity contribution in [2.24, 2.45) is 0 Å². The number of aryl methyl sites for hydroxylation is 1. The maximum Gasteiger partial charge on any atom is 0.273 e. The van der Waals surface area contributed by atoms with Gasteiger partial charge in [-0.2, -0.15) is 0 Å². The Balaban J connectivity index is 1.69. The number of hydrogen-bond acceptors (Lipinski definition) is 4. The molecular weight excluding hydrogens is 506 g/mol. The summed E-state index contributed by atoms with van der Waals surface area (Å²) in [5.41, 5.74) is 2.77.